The molecule has 2 fully saturated rings. The van der Waals surface area contributed by atoms with E-state index in [0.29, 0.717) is 5.60 Å². The SMILES string of the molecule is C[Si](C)(C)/C=C/C(C1CCCCC12CO2)[Si](C)(C)C. The van der Waals surface area contributed by atoms with E-state index in [4.69, 9.17) is 4.74 Å². The van der Waals surface area contributed by atoms with Gasteiger partial charge in [0.2, 0.25) is 0 Å². The highest BCUT2D eigenvalue weighted by Crippen LogP contribution is 2.53. The molecular weight excluding hydrogens is 264 g/mol. The second-order valence-corrected chi connectivity index (χ2v) is 19.3. The third-order valence-electron chi connectivity index (χ3n) is 4.79. The van der Waals surface area contributed by atoms with Crippen molar-refractivity contribution in [3.63, 3.8) is 0 Å². The molecule has 0 aromatic rings. The maximum absolute atomic E-state index is 5.96. The lowest BCUT2D eigenvalue weighted by Gasteiger charge is -2.40. The van der Waals surface area contributed by atoms with Gasteiger partial charge >= 0.3 is 0 Å². The van der Waals surface area contributed by atoms with Gasteiger partial charge < -0.3 is 4.74 Å². The predicted octanol–water partition coefficient (Wildman–Crippen LogP) is 5.09. The van der Waals surface area contributed by atoms with Crippen molar-refractivity contribution in [3.8, 4) is 0 Å². The first-order valence-corrected chi connectivity index (χ1v) is 15.1. The van der Waals surface area contributed by atoms with Crippen molar-refractivity contribution in [1.29, 1.82) is 0 Å². The van der Waals surface area contributed by atoms with Crippen LogP contribution in [0.4, 0.5) is 0 Å². The van der Waals surface area contributed by atoms with Gasteiger partial charge in [-0.15, -0.1) is 0 Å². The lowest BCUT2D eigenvalue weighted by atomic mass is 9.77. The van der Waals surface area contributed by atoms with Crippen LogP contribution in [0.1, 0.15) is 25.7 Å². The van der Waals surface area contributed by atoms with E-state index in [1.54, 1.807) is 0 Å². The summed E-state index contributed by atoms with van der Waals surface area (Å²) in [6.45, 7) is 16.0. The van der Waals surface area contributed by atoms with Gasteiger partial charge in [-0.1, -0.05) is 63.9 Å². The molecule has 1 aliphatic carbocycles. The number of hydrogen-bond acceptors (Lipinski definition) is 1. The average Bonchev–Trinajstić information content (AvgIpc) is 2.98. The Morgan fingerprint density at radius 1 is 1.11 bits per heavy atom. The Labute approximate surface area is 121 Å². The molecule has 3 atom stereocenters. The van der Waals surface area contributed by atoms with Gasteiger partial charge in [-0.25, -0.2) is 0 Å². The van der Waals surface area contributed by atoms with Crippen molar-refractivity contribution in [2.24, 2.45) is 5.92 Å². The molecule has 1 spiro atoms. The molecule has 2 rings (SSSR count). The van der Waals surface area contributed by atoms with Gasteiger partial charge in [0.15, 0.2) is 0 Å². The fourth-order valence-corrected chi connectivity index (χ4v) is 6.94. The van der Waals surface area contributed by atoms with Crippen LogP contribution in [0.15, 0.2) is 11.8 Å². The van der Waals surface area contributed by atoms with Gasteiger partial charge in [-0.3, -0.25) is 0 Å². The van der Waals surface area contributed by atoms with Crippen LogP contribution in [-0.4, -0.2) is 28.4 Å². The van der Waals surface area contributed by atoms with Gasteiger partial charge in [0, 0.05) is 0 Å². The van der Waals surface area contributed by atoms with Crippen molar-refractivity contribution in [3.05, 3.63) is 11.8 Å². The van der Waals surface area contributed by atoms with E-state index >= 15 is 0 Å². The highest BCUT2D eigenvalue weighted by molar-refractivity contribution is 6.81. The first kappa shape index (κ1) is 15.5. The Kier molecular flexibility index (Phi) is 4.21. The standard InChI is InChI=1S/C16H32OSi2/c1-18(2,3)12-10-15(19(4,5)6)14-9-7-8-11-16(14)13-17-16/h10,12,14-15H,7-9,11,13H2,1-6H3/b12-10+. The first-order chi connectivity index (χ1) is 8.64. The molecule has 1 saturated carbocycles. The summed E-state index contributed by atoms with van der Waals surface area (Å²) in [5.41, 5.74) is 3.69. The summed E-state index contributed by atoms with van der Waals surface area (Å²) in [6.07, 6.45) is 8.13. The fraction of sp³-hybridized carbons (Fsp3) is 0.875. The summed E-state index contributed by atoms with van der Waals surface area (Å²) in [4.78, 5) is 0. The van der Waals surface area contributed by atoms with Gasteiger partial charge in [-0.2, -0.15) is 0 Å². The Balaban J connectivity index is 2.20. The van der Waals surface area contributed by atoms with Crippen molar-refractivity contribution >= 4 is 16.1 Å². The van der Waals surface area contributed by atoms with Crippen LogP contribution in [-0.2, 0) is 4.74 Å². The summed E-state index contributed by atoms with van der Waals surface area (Å²) in [5, 5.41) is 0. The Hall–Kier alpha value is 0.134. The summed E-state index contributed by atoms with van der Waals surface area (Å²) in [7, 11) is -2.25. The predicted molar refractivity (Wildman–Crippen MR) is 90.2 cm³/mol. The maximum Gasteiger partial charge on any atom is 0.0947 e. The third kappa shape index (κ3) is 3.82. The van der Waals surface area contributed by atoms with Gasteiger partial charge in [0.25, 0.3) is 0 Å². The van der Waals surface area contributed by atoms with E-state index in [9.17, 15) is 0 Å². The molecular formula is C16H32OSi2. The van der Waals surface area contributed by atoms with Crippen LogP contribution in [0, 0.1) is 5.92 Å². The monoisotopic (exact) mass is 296 g/mol. The van der Waals surface area contributed by atoms with Crippen molar-refractivity contribution in [1.82, 2.24) is 0 Å². The number of epoxide rings is 1. The van der Waals surface area contributed by atoms with E-state index in [1.165, 1.54) is 25.7 Å². The third-order valence-corrected chi connectivity index (χ3v) is 8.58. The lowest BCUT2D eigenvalue weighted by molar-refractivity contribution is 0.158. The minimum Gasteiger partial charge on any atom is -0.369 e. The summed E-state index contributed by atoms with van der Waals surface area (Å²) in [5.74, 6) is 0.806. The van der Waals surface area contributed by atoms with Crippen LogP contribution >= 0.6 is 0 Å². The molecule has 0 amide bonds. The van der Waals surface area contributed by atoms with E-state index in [-0.39, 0.29) is 0 Å². The summed E-state index contributed by atoms with van der Waals surface area (Å²) < 4.78 is 5.96. The number of rotatable bonds is 4. The molecule has 0 radical (unpaired) electrons. The number of allylic oxidation sites excluding steroid dienone is 1. The minimum atomic E-state index is -1.17. The van der Waals surface area contributed by atoms with Gasteiger partial charge in [-0.05, 0) is 24.3 Å². The van der Waals surface area contributed by atoms with E-state index < -0.39 is 16.1 Å². The lowest BCUT2D eigenvalue weighted by Crippen LogP contribution is -2.41. The average molecular weight is 297 g/mol. The van der Waals surface area contributed by atoms with E-state index in [2.05, 4.69) is 51.1 Å². The molecule has 19 heavy (non-hydrogen) atoms. The summed E-state index contributed by atoms with van der Waals surface area (Å²) in [6, 6.07) is 0. The van der Waals surface area contributed by atoms with Crippen molar-refractivity contribution in [2.75, 3.05) is 6.61 Å². The first-order valence-electron chi connectivity index (χ1n) is 7.97. The van der Waals surface area contributed by atoms with Crippen LogP contribution in [0.2, 0.25) is 44.8 Å². The molecule has 3 unspecified atom stereocenters. The maximum atomic E-state index is 5.96. The zero-order valence-corrected chi connectivity index (χ0v) is 15.8. The van der Waals surface area contributed by atoms with Crippen LogP contribution in [0.5, 0.6) is 0 Å². The molecule has 1 aliphatic heterocycles. The molecule has 0 aromatic heterocycles. The second-order valence-electron chi connectivity index (χ2n) is 8.82. The zero-order valence-electron chi connectivity index (χ0n) is 13.8. The second kappa shape index (κ2) is 5.16. The van der Waals surface area contributed by atoms with E-state index in [1.807, 2.05) is 0 Å². The molecule has 2 aliphatic rings. The molecule has 1 nitrogen and oxygen atoms in total. The number of ether oxygens (including phenoxy) is 1. The fourth-order valence-electron chi connectivity index (χ4n) is 3.61. The van der Waals surface area contributed by atoms with Gasteiger partial charge in [0.05, 0.1) is 28.4 Å². The smallest absolute Gasteiger partial charge is 0.0947 e. The molecule has 3 heteroatoms. The molecule has 110 valence electrons. The van der Waals surface area contributed by atoms with Crippen molar-refractivity contribution < 1.29 is 4.74 Å². The Morgan fingerprint density at radius 2 is 1.74 bits per heavy atom. The number of hydrogen-bond donors (Lipinski definition) is 0. The quantitative estimate of drug-likeness (QED) is 0.520. The Morgan fingerprint density at radius 3 is 2.21 bits per heavy atom. The Bertz CT molecular complexity index is 345. The van der Waals surface area contributed by atoms with Gasteiger partial charge in [0.1, 0.15) is 0 Å². The van der Waals surface area contributed by atoms with E-state index in [0.717, 1.165) is 18.1 Å². The van der Waals surface area contributed by atoms with Crippen LogP contribution in [0.25, 0.3) is 0 Å². The summed E-state index contributed by atoms with van der Waals surface area (Å²) >= 11 is 0. The molecule has 0 aromatic carbocycles. The normalized spacial score (nSPS) is 33.9. The highest BCUT2D eigenvalue weighted by atomic mass is 28.3. The van der Waals surface area contributed by atoms with Crippen LogP contribution in [0.3, 0.4) is 0 Å². The topological polar surface area (TPSA) is 12.5 Å². The molecule has 1 saturated heterocycles. The largest absolute Gasteiger partial charge is 0.369 e. The molecule has 0 N–H and O–H groups in total. The molecule has 0 bridgehead atoms. The van der Waals surface area contributed by atoms with Crippen LogP contribution < -0.4 is 0 Å². The molecule has 1 heterocycles. The highest BCUT2D eigenvalue weighted by Gasteiger charge is 2.55. The minimum absolute atomic E-state index is 0.299. The van der Waals surface area contributed by atoms with Crippen molar-refractivity contribution in [2.45, 2.75) is 76.1 Å². The zero-order chi connectivity index (χ0) is 14.3.